The van der Waals surface area contributed by atoms with Crippen molar-refractivity contribution in [3.05, 3.63) is 56.6 Å². The Bertz CT molecular complexity index is 1070. The van der Waals surface area contributed by atoms with E-state index in [-0.39, 0.29) is 25.2 Å². The summed E-state index contributed by atoms with van der Waals surface area (Å²) in [6.07, 6.45) is -5.84. The lowest BCUT2D eigenvalue weighted by Crippen LogP contribution is -2.40. The Kier molecular flexibility index (Phi) is 9.86. The fourth-order valence-electron chi connectivity index (χ4n) is 4.06. The standard InChI is InChI=1S/C23H27ClF5N3O4/c1-10(2)36-22(34)18-17(15-13(26)5-4-12(24)19(15)23(27,28)29)16(21(33)35-3)14(8-25)32-20(18)11(9-31)6-7-30/h4-5,10-11,17,32H,6-9,30-31H2,1-3H3. The summed E-state index contributed by atoms with van der Waals surface area (Å²) in [6.45, 7) is 1.45. The molecule has 0 saturated heterocycles. The van der Waals surface area contributed by atoms with Crippen LogP contribution in [0.25, 0.3) is 0 Å². The van der Waals surface area contributed by atoms with E-state index < -0.39 is 81.5 Å². The lowest BCUT2D eigenvalue weighted by Gasteiger charge is -2.35. The maximum Gasteiger partial charge on any atom is 0.418 e. The van der Waals surface area contributed by atoms with Gasteiger partial charge in [-0.3, -0.25) is 0 Å². The van der Waals surface area contributed by atoms with Crippen LogP contribution >= 0.6 is 11.6 Å². The number of halogens is 6. The van der Waals surface area contributed by atoms with Gasteiger partial charge in [0.15, 0.2) is 0 Å². The molecular weight excluding hydrogens is 513 g/mol. The first-order valence-corrected chi connectivity index (χ1v) is 11.3. The van der Waals surface area contributed by atoms with Crippen molar-refractivity contribution in [2.75, 3.05) is 26.9 Å². The molecule has 0 amide bonds. The maximum absolute atomic E-state index is 15.3. The summed E-state index contributed by atoms with van der Waals surface area (Å²) >= 11 is 5.85. The van der Waals surface area contributed by atoms with Crippen molar-refractivity contribution >= 4 is 23.5 Å². The molecule has 0 spiro atoms. The lowest BCUT2D eigenvalue weighted by atomic mass is 9.76. The number of nitrogens with two attached hydrogens (primary N) is 2. The van der Waals surface area contributed by atoms with Crippen LogP contribution in [0, 0.1) is 11.7 Å². The largest absolute Gasteiger partial charge is 0.466 e. The Morgan fingerprint density at radius 2 is 1.81 bits per heavy atom. The molecule has 2 rings (SSSR count). The molecule has 2 unspecified atom stereocenters. The highest BCUT2D eigenvalue weighted by Crippen LogP contribution is 2.48. The van der Waals surface area contributed by atoms with Crippen LogP contribution in [0.4, 0.5) is 22.0 Å². The van der Waals surface area contributed by atoms with Crippen molar-refractivity contribution in [1.29, 1.82) is 0 Å². The van der Waals surface area contributed by atoms with E-state index in [0.29, 0.717) is 12.1 Å². The van der Waals surface area contributed by atoms with Crippen LogP contribution in [0.2, 0.25) is 5.02 Å². The number of hydrogen-bond acceptors (Lipinski definition) is 7. The van der Waals surface area contributed by atoms with Gasteiger partial charge in [0, 0.05) is 23.7 Å². The predicted molar refractivity (Wildman–Crippen MR) is 122 cm³/mol. The quantitative estimate of drug-likeness (QED) is 0.323. The van der Waals surface area contributed by atoms with Gasteiger partial charge in [0.05, 0.1) is 46.6 Å². The zero-order valence-electron chi connectivity index (χ0n) is 19.8. The summed E-state index contributed by atoms with van der Waals surface area (Å²) in [5, 5.41) is 1.72. The highest BCUT2D eigenvalue weighted by molar-refractivity contribution is 6.31. The lowest BCUT2D eigenvalue weighted by molar-refractivity contribution is -0.144. The van der Waals surface area contributed by atoms with E-state index in [1.807, 2.05) is 0 Å². The van der Waals surface area contributed by atoms with Crippen molar-refractivity contribution < 1.29 is 41.0 Å². The number of benzene rings is 1. The Hall–Kier alpha value is -2.70. The van der Waals surface area contributed by atoms with E-state index in [1.54, 1.807) is 0 Å². The molecule has 7 nitrogen and oxygen atoms in total. The molecule has 0 bridgehead atoms. The van der Waals surface area contributed by atoms with Crippen molar-refractivity contribution in [3.8, 4) is 0 Å². The molecular formula is C23H27ClF5N3O4. The number of carbonyl (C=O) groups excluding carboxylic acids is 2. The molecule has 1 aromatic rings. The average Bonchev–Trinajstić information content (AvgIpc) is 2.80. The monoisotopic (exact) mass is 539 g/mol. The number of methoxy groups -OCH3 is 1. The van der Waals surface area contributed by atoms with Crippen molar-refractivity contribution in [2.45, 2.75) is 38.5 Å². The third kappa shape index (κ3) is 5.98. The van der Waals surface area contributed by atoms with E-state index in [1.165, 1.54) is 13.8 Å². The Morgan fingerprint density at radius 1 is 1.17 bits per heavy atom. The molecule has 13 heteroatoms. The molecule has 1 aliphatic rings. The Morgan fingerprint density at radius 3 is 2.28 bits per heavy atom. The second-order valence-corrected chi connectivity index (χ2v) is 8.59. The fourth-order valence-corrected chi connectivity index (χ4v) is 4.33. The minimum Gasteiger partial charge on any atom is -0.466 e. The Balaban J connectivity index is 3.13. The zero-order chi connectivity index (χ0) is 27.4. The molecule has 1 aromatic carbocycles. The van der Waals surface area contributed by atoms with Crippen LogP contribution in [0.5, 0.6) is 0 Å². The van der Waals surface area contributed by atoms with Gasteiger partial charge in [-0.1, -0.05) is 11.6 Å². The zero-order valence-corrected chi connectivity index (χ0v) is 20.5. The summed E-state index contributed by atoms with van der Waals surface area (Å²) in [6, 6.07) is 1.35. The third-order valence-electron chi connectivity index (χ3n) is 5.50. The van der Waals surface area contributed by atoms with E-state index in [9.17, 15) is 27.2 Å². The number of allylic oxidation sites excluding steroid dienone is 1. The number of nitrogens with one attached hydrogen (secondary N) is 1. The van der Waals surface area contributed by atoms with Gasteiger partial charge in [0.1, 0.15) is 12.5 Å². The molecule has 5 N–H and O–H groups in total. The highest BCUT2D eigenvalue weighted by Gasteiger charge is 2.47. The molecule has 2 atom stereocenters. The number of carbonyl (C=O) groups is 2. The van der Waals surface area contributed by atoms with Gasteiger partial charge in [0.2, 0.25) is 0 Å². The molecule has 0 aliphatic carbocycles. The summed E-state index contributed by atoms with van der Waals surface area (Å²) in [4.78, 5) is 26.1. The van der Waals surface area contributed by atoms with E-state index in [2.05, 4.69) is 10.1 Å². The Labute approximate surface area is 209 Å². The van der Waals surface area contributed by atoms with Gasteiger partial charge in [-0.15, -0.1) is 0 Å². The van der Waals surface area contributed by atoms with Crippen molar-refractivity contribution in [3.63, 3.8) is 0 Å². The van der Waals surface area contributed by atoms with E-state index in [0.717, 1.165) is 7.11 Å². The summed E-state index contributed by atoms with van der Waals surface area (Å²) < 4.78 is 82.0. The molecule has 0 radical (unpaired) electrons. The number of dihydropyridines is 1. The third-order valence-corrected chi connectivity index (χ3v) is 5.82. The first kappa shape index (κ1) is 29.5. The van der Waals surface area contributed by atoms with Gasteiger partial charge < -0.3 is 26.3 Å². The molecule has 1 aliphatic heterocycles. The number of ether oxygens (including phenoxy) is 2. The molecule has 200 valence electrons. The number of hydrogen-bond donors (Lipinski definition) is 3. The van der Waals surface area contributed by atoms with Gasteiger partial charge in [-0.05, 0) is 38.9 Å². The SMILES string of the molecule is COC(=O)C1=C(CF)NC(C(CN)CCN)=C(C(=O)OC(C)C)C1c1c(F)ccc(Cl)c1C(F)(F)F. The first-order chi connectivity index (χ1) is 16.8. The van der Waals surface area contributed by atoms with Crippen LogP contribution in [0.1, 0.15) is 37.3 Å². The van der Waals surface area contributed by atoms with Gasteiger partial charge >= 0.3 is 18.1 Å². The predicted octanol–water partition coefficient (Wildman–Crippen LogP) is 3.71. The summed E-state index contributed by atoms with van der Waals surface area (Å²) in [7, 11) is 0.906. The van der Waals surface area contributed by atoms with Crippen LogP contribution in [-0.4, -0.2) is 44.9 Å². The minimum atomic E-state index is -5.21. The van der Waals surface area contributed by atoms with E-state index >= 15 is 4.39 Å². The van der Waals surface area contributed by atoms with Crippen molar-refractivity contribution in [2.24, 2.45) is 17.4 Å². The normalized spacial score (nSPS) is 17.3. The van der Waals surface area contributed by atoms with Gasteiger partial charge in [-0.2, -0.15) is 13.2 Å². The number of alkyl halides is 4. The summed E-state index contributed by atoms with van der Waals surface area (Å²) in [5.74, 6) is -6.78. The molecule has 0 saturated carbocycles. The fraction of sp³-hybridized carbons (Fsp3) is 0.478. The average molecular weight is 540 g/mol. The molecule has 36 heavy (non-hydrogen) atoms. The maximum atomic E-state index is 15.3. The number of esters is 2. The van der Waals surface area contributed by atoms with Crippen LogP contribution in [-0.2, 0) is 25.2 Å². The number of rotatable bonds is 9. The minimum absolute atomic E-state index is 0.0437. The molecule has 0 fully saturated rings. The van der Waals surface area contributed by atoms with Gasteiger partial charge in [0.25, 0.3) is 0 Å². The van der Waals surface area contributed by atoms with E-state index in [4.69, 9.17) is 27.8 Å². The molecule has 0 aromatic heterocycles. The second kappa shape index (κ2) is 12.0. The second-order valence-electron chi connectivity index (χ2n) is 8.18. The highest BCUT2D eigenvalue weighted by atomic mass is 35.5. The summed E-state index contributed by atoms with van der Waals surface area (Å²) in [5.41, 5.74) is 6.74. The van der Waals surface area contributed by atoms with Gasteiger partial charge in [-0.25, -0.2) is 18.4 Å². The van der Waals surface area contributed by atoms with Crippen LogP contribution in [0.3, 0.4) is 0 Å². The van der Waals surface area contributed by atoms with Crippen LogP contribution < -0.4 is 16.8 Å². The smallest absolute Gasteiger partial charge is 0.418 e. The topological polar surface area (TPSA) is 117 Å². The first-order valence-electron chi connectivity index (χ1n) is 10.9. The van der Waals surface area contributed by atoms with Crippen LogP contribution in [0.15, 0.2) is 34.7 Å². The molecule has 1 heterocycles. The van der Waals surface area contributed by atoms with Crippen molar-refractivity contribution in [1.82, 2.24) is 5.32 Å².